The number of benzene rings is 6. The van der Waals surface area contributed by atoms with Crippen molar-refractivity contribution in [1.82, 2.24) is 4.40 Å². The second-order valence-corrected chi connectivity index (χ2v) is 11.3. The molecule has 0 atom stereocenters. The topological polar surface area (TPSA) is 7.65 Å². The van der Waals surface area contributed by atoms with Gasteiger partial charge in [0.05, 0.1) is 15.7 Å². The molecule has 0 fully saturated rings. The number of rotatable bonds is 5. The van der Waals surface area contributed by atoms with Gasteiger partial charge < -0.3 is 4.90 Å². The molecule has 2 heterocycles. The molecule has 8 rings (SSSR count). The molecule has 0 radical (unpaired) electrons. The van der Waals surface area contributed by atoms with Crippen LogP contribution in [0.2, 0.25) is 0 Å². The number of thiazole rings is 1. The maximum atomic E-state index is 2.43. The lowest BCUT2D eigenvalue weighted by atomic mass is 10.0. The van der Waals surface area contributed by atoms with E-state index in [1.165, 1.54) is 48.2 Å². The van der Waals surface area contributed by atoms with E-state index in [9.17, 15) is 0 Å². The molecule has 0 aliphatic heterocycles. The highest BCUT2D eigenvalue weighted by atomic mass is 32.1. The molecule has 6 aromatic carbocycles. The van der Waals surface area contributed by atoms with Crippen molar-refractivity contribution in [3.05, 3.63) is 158 Å². The van der Waals surface area contributed by atoms with Crippen molar-refractivity contribution in [3.63, 3.8) is 0 Å². The van der Waals surface area contributed by atoms with Crippen molar-refractivity contribution in [1.29, 1.82) is 0 Å². The van der Waals surface area contributed by atoms with Gasteiger partial charge in [-0.3, -0.25) is 4.40 Å². The zero-order chi connectivity index (χ0) is 27.2. The SMILES string of the molecule is c1ccc(-c2c3ccccc3n3c2sc2cc(-c4ccc(N(c5ccccc5)c5ccccc5)cc4)ccc23)cc1. The van der Waals surface area contributed by atoms with Crippen molar-refractivity contribution in [2.75, 3.05) is 4.90 Å². The fourth-order valence-electron chi connectivity index (χ4n) is 5.90. The summed E-state index contributed by atoms with van der Waals surface area (Å²) in [5, 5.41) is 1.30. The third kappa shape index (κ3) is 4.02. The third-order valence-corrected chi connectivity index (χ3v) is 8.92. The van der Waals surface area contributed by atoms with E-state index < -0.39 is 0 Å². The Morgan fingerprint density at radius 1 is 0.439 bits per heavy atom. The van der Waals surface area contributed by atoms with E-state index in [4.69, 9.17) is 0 Å². The Kier molecular flexibility index (Phi) is 5.68. The molecule has 0 bridgehead atoms. The molecule has 0 aliphatic carbocycles. The Bertz CT molecular complexity index is 2090. The first-order valence-corrected chi connectivity index (χ1v) is 14.7. The van der Waals surface area contributed by atoms with Gasteiger partial charge in [-0.15, -0.1) is 11.3 Å². The Morgan fingerprint density at radius 3 is 1.68 bits per heavy atom. The van der Waals surface area contributed by atoms with Crippen molar-refractivity contribution >= 4 is 54.3 Å². The van der Waals surface area contributed by atoms with E-state index in [0.717, 1.165) is 17.1 Å². The minimum atomic E-state index is 1.14. The lowest BCUT2D eigenvalue weighted by Gasteiger charge is -2.25. The molecule has 0 N–H and O–H groups in total. The van der Waals surface area contributed by atoms with E-state index in [1.807, 2.05) is 11.3 Å². The Hall–Kier alpha value is -5.12. The Balaban J connectivity index is 1.23. The number of hydrogen-bond acceptors (Lipinski definition) is 2. The van der Waals surface area contributed by atoms with Gasteiger partial charge in [0, 0.05) is 28.0 Å². The molecule has 0 aliphatic rings. The van der Waals surface area contributed by atoms with Crippen LogP contribution in [0.4, 0.5) is 17.1 Å². The van der Waals surface area contributed by atoms with Crippen LogP contribution in [0.1, 0.15) is 0 Å². The van der Waals surface area contributed by atoms with Crippen molar-refractivity contribution in [3.8, 4) is 22.3 Å². The van der Waals surface area contributed by atoms with Gasteiger partial charge in [0.25, 0.3) is 0 Å². The van der Waals surface area contributed by atoms with Crippen molar-refractivity contribution in [2.24, 2.45) is 0 Å². The van der Waals surface area contributed by atoms with Gasteiger partial charge in [0.2, 0.25) is 0 Å². The molecule has 0 saturated heterocycles. The molecular weight excluding hydrogens is 516 g/mol. The number of aromatic nitrogens is 1. The van der Waals surface area contributed by atoms with Crippen LogP contribution >= 0.6 is 11.3 Å². The van der Waals surface area contributed by atoms with Gasteiger partial charge in [-0.05, 0) is 71.3 Å². The standard InChI is InChI=1S/C38H26N2S/c1-4-12-28(13-5-1)37-33-18-10-11-19-34(33)40-35-25-22-29(26-36(35)41-38(37)40)27-20-23-32(24-21-27)39(30-14-6-2-7-15-30)31-16-8-3-9-17-31/h1-26H. The van der Waals surface area contributed by atoms with Crippen LogP contribution in [0.5, 0.6) is 0 Å². The van der Waals surface area contributed by atoms with E-state index in [0.29, 0.717) is 0 Å². The minimum Gasteiger partial charge on any atom is -0.311 e. The van der Waals surface area contributed by atoms with Gasteiger partial charge in [0.15, 0.2) is 0 Å². The monoisotopic (exact) mass is 542 g/mol. The third-order valence-electron chi connectivity index (χ3n) is 7.79. The maximum absolute atomic E-state index is 2.43. The fourth-order valence-corrected chi connectivity index (χ4v) is 7.18. The summed E-state index contributed by atoms with van der Waals surface area (Å²) in [5.41, 5.74) is 10.9. The fraction of sp³-hybridized carbons (Fsp3) is 0. The van der Waals surface area contributed by atoms with Crippen LogP contribution in [0.15, 0.2) is 158 Å². The molecule has 2 aromatic heterocycles. The number of para-hydroxylation sites is 3. The minimum absolute atomic E-state index is 1.14. The summed E-state index contributed by atoms with van der Waals surface area (Å²) in [6.45, 7) is 0. The summed E-state index contributed by atoms with van der Waals surface area (Å²) >= 11 is 1.88. The van der Waals surface area contributed by atoms with Crippen LogP contribution in [-0.2, 0) is 0 Å². The summed E-state index contributed by atoms with van der Waals surface area (Å²) in [6, 6.07) is 56.4. The van der Waals surface area contributed by atoms with Gasteiger partial charge >= 0.3 is 0 Å². The van der Waals surface area contributed by atoms with Crippen molar-refractivity contribution in [2.45, 2.75) is 0 Å². The molecular formula is C38H26N2S. The maximum Gasteiger partial charge on any atom is 0.109 e. The van der Waals surface area contributed by atoms with Crippen molar-refractivity contribution < 1.29 is 0 Å². The molecule has 0 amide bonds. The predicted octanol–water partition coefficient (Wildman–Crippen LogP) is 11.1. The highest BCUT2D eigenvalue weighted by Crippen LogP contribution is 2.43. The smallest absolute Gasteiger partial charge is 0.109 e. The molecule has 8 aromatic rings. The van der Waals surface area contributed by atoms with Gasteiger partial charge in [0.1, 0.15) is 4.83 Å². The summed E-state index contributed by atoms with van der Waals surface area (Å²) in [6.07, 6.45) is 0. The molecule has 0 spiro atoms. The number of anilines is 3. The zero-order valence-electron chi connectivity index (χ0n) is 22.3. The molecule has 41 heavy (non-hydrogen) atoms. The highest BCUT2D eigenvalue weighted by molar-refractivity contribution is 7.24. The molecule has 194 valence electrons. The van der Waals surface area contributed by atoms with E-state index in [1.54, 1.807) is 0 Å². The normalized spacial score (nSPS) is 11.4. The first kappa shape index (κ1) is 23.7. The van der Waals surface area contributed by atoms with E-state index in [2.05, 4.69) is 167 Å². The first-order chi connectivity index (χ1) is 20.3. The molecule has 0 saturated carbocycles. The average molecular weight is 543 g/mol. The largest absolute Gasteiger partial charge is 0.311 e. The van der Waals surface area contributed by atoms with Crippen LogP contribution < -0.4 is 4.90 Å². The van der Waals surface area contributed by atoms with Gasteiger partial charge in [-0.25, -0.2) is 0 Å². The second kappa shape index (κ2) is 9.81. The quantitative estimate of drug-likeness (QED) is 0.210. The first-order valence-electron chi connectivity index (χ1n) is 13.9. The Labute approximate surface area is 243 Å². The predicted molar refractivity (Wildman–Crippen MR) is 176 cm³/mol. The van der Waals surface area contributed by atoms with Crippen LogP contribution in [-0.4, -0.2) is 4.40 Å². The molecule has 0 unspecified atom stereocenters. The van der Waals surface area contributed by atoms with Gasteiger partial charge in [-0.1, -0.05) is 103 Å². The second-order valence-electron chi connectivity index (χ2n) is 10.2. The zero-order valence-corrected chi connectivity index (χ0v) is 23.1. The van der Waals surface area contributed by atoms with Crippen LogP contribution in [0, 0.1) is 0 Å². The van der Waals surface area contributed by atoms with Crippen LogP contribution in [0.3, 0.4) is 0 Å². The van der Waals surface area contributed by atoms with Crippen LogP contribution in [0.25, 0.3) is 48.2 Å². The lowest BCUT2D eigenvalue weighted by molar-refractivity contribution is 1.28. The number of hydrogen-bond donors (Lipinski definition) is 0. The Morgan fingerprint density at radius 2 is 1.00 bits per heavy atom. The van der Waals surface area contributed by atoms with E-state index in [-0.39, 0.29) is 0 Å². The summed E-state index contributed by atoms with van der Waals surface area (Å²) < 4.78 is 3.72. The number of fused-ring (bicyclic) bond motifs is 5. The summed E-state index contributed by atoms with van der Waals surface area (Å²) in [5.74, 6) is 0. The molecule has 2 nitrogen and oxygen atoms in total. The van der Waals surface area contributed by atoms with Gasteiger partial charge in [-0.2, -0.15) is 0 Å². The summed E-state index contributed by atoms with van der Waals surface area (Å²) in [4.78, 5) is 3.59. The highest BCUT2D eigenvalue weighted by Gasteiger charge is 2.18. The lowest BCUT2D eigenvalue weighted by Crippen LogP contribution is -2.09. The summed E-state index contributed by atoms with van der Waals surface area (Å²) in [7, 11) is 0. The molecule has 3 heteroatoms. The van der Waals surface area contributed by atoms with E-state index >= 15 is 0 Å². The average Bonchev–Trinajstić information content (AvgIpc) is 3.57. The number of nitrogens with zero attached hydrogens (tertiary/aromatic N) is 2.